The Morgan fingerprint density at radius 2 is 1.89 bits per heavy atom. The van der Waals surface area contributed by atoms with Gasteiger partial charge in [0.1, 0.15) is 17.8 Å². The largest absolute Gasteiger partial charge is 0.347 e. The van der Waals surface area contributed by atoms with Gasteiger partial charge in [-0.3, -0.25) is 4.79 Å². The fourth-order valence-electron chi connectivity index (χ4n) is 3.57. The molecule has 0 unspecified atom stereocenters. The Hall–Kier alpha value is -2.51. The van der Waals surface area contributed by atoms with E-state index in [9.17, 15) is 4.79 Å². The molecule has 1 aromatic carbocycles. The molecule has 0 aliphatic carbocycles. The van der Waals surface area contributed by atoms with Crippen molar-refractivity contribution in [3.63, 3.8) is 0 Å². The highest BCUT2D eigenvalue weighted by Crippen LogP contribution is 2.31. The maximum absolute atomic E-state index is 12.9. The van der Waals surface area contributed by atoms with Crippen molar-refractivity contribution < 1.29 is 14.3 Å². The zero-order valence-corrected chi connectivity index (χ0v) is 15.7. The second kappa shape index (κ2) is 7.25. The van der Waals surface area contributed by atoms with Crippen LogP contribution >= 0.6 is 0 Å². The molecule has 7 heteroatoms. The normalized spacial score (nSPS) is 18.7. The van der Waals surface area contributed by atoms with Crippen molar-refractivity contribution in [2.75, 3.05) is 31.6 Å². The fourth-order valence-corrected chi connectivity index (χ4v) is 3.57. The van der Waals surface area contributed by atoms with Gasteiger partial charge in [0.2, 0.25) is 0 Å². The molecule has 1 N–H and O–H groups in total. The summed E-state index contributed by atoms with van der Waals surface area (Å²) in [6.07, 6.45) is 2.81. The summed E-state index contributed by atoms with van der Waals surface area (Å²) in [5.41, 5.74) is 3.72. The first-order chi connectivity index (χ1) is 13.1. The van der Waals surface area contributed by atoms with Crippen LogP contribution in [0, 0.1) is 13.8 Å². The molecule has 27 heavy (non-hydrogen) atoms. The Labute approximate surface area is 158 Å². The molecule has 7 nitrogen and oxygen atoms in total. The van der Waals surface area contributed by atoms with Gasteiger partial charge in [-0.2, -0.15) is 0 Å². The van der Waals surface area contributed by atoms with Crippen LogP contribution in [0.4, 0.5) is 11.5 Å². The molecule has 2 aliphatic heterocycles. The van der Waals surface area contributed by atoms with E-state index in [-0.39, 0.29) is 5.91 Å². The lowest BCUT2D eigenvalue weighted by molar-refractivity contribution is -0.181. The van der Waals surface area contributed by atoms with Crippen molar-refractivity contribution in [3.05, 3.63) is 47.4 Å². The molecule has 1 spiro atoms. The molecule has 0 radical (unpaired) electrons. The molecule has 1 aromatic heterocycles. The number of carbonyl (C=O) groups excluding carboxylic acids is 1. The summed E-state index contributed by atoms with van der Waals surface area (Å²) >= 11 is 0. The third-order valence-electron chi connectivity index (χ3n) is 5.38. The van der Waals surface area contributed by atoms with Gasteiger partial charge in [-0.1, -0.05) is 12.1 Å². The predicted molar refractivity (Wildman–Crippen MR) is 101 cm³/mol. The number of likely N-dealkylation sites (tertiary alicyclic amines) is 1. The molecule has 2 aromatic rings. The van der Waals surface area contributed by atoms with Crippen LogP contribution in [-0.4, -0.2) is 52.9 Å². The number of aryl methyl sites for hydroxylation is 1. The first-order valence-corrected chi connectivity index (χ1v) is 9.29. The molecular formula is C20H24N4O3. The van der Waals surface area contributed by atoms with Crippen LogP contribution < -0.4 is 5.32 Å². The number of amides is 1. The summed E-state index contributed by atoms with van der Waals surface area (Å²) in [5.74, 6) is 0.0324. The standard InChI is InChI=1S/C20H24N4O3/c1-14-4-3-5-16(15(14)2)23-18-12-17(21-13-22-18)19(25)24-8-6-20(7-9-24)26-10-11-27-20/h3-5,12-13H,6-11H2,1-2H3,(H,21,22,23). The number of hydrogen-bond donors (Lipinski definition) is 1. The zero-order valence-electron chi connectivity index (χ0n) is 15.7. The SMILES string of the molecule is Cc1cccc(Nc2cc(C(=O)N3CCC4(CC3)OCCO4)ncn2)c1C. The van der Waals surface area contributed by atoms with Gasteiger partial charge in [-0.25, -0.2) is 9.97 Å². The van der Waals surface area contributed by atoms with E-state index in [0.717, 1.165) is 11.3 Å². The van der Waals surface area contributed by atoms with Gasteiger partial charge in [0.25, 0.3) is 5.91 Å². The number of piperidine rings is 1. The monoisotopic (exact) mass is 368 g/mol. The highest BCUT2D eigenvalue weighted by molar-refractivity contribution is 5.93. The number of rotatable bonds is 3. The van der Waals surface area contributed by atoms with Gasteiger partial charge in [0, 0.05) is 37.7 Å². The van der Waals surface area contributed by atoms with Crippen LogP contribution in [0.25, 0.3) is 0 Å². The van der Waals surface area contributed by atoms with Gasteiger partial charge in [0.05, 0.1) is 13.2 Å². The number of hydrogen-bond acceptors (Lipinski definition) is 6. The maximum atomic E-state index is 12.9. The van der Waals surface area contributed by atoms with E-state index in [1.807, 2.05) is 12.1 Å². The number of nitrogens with one attached hydrogen (secondary N) is 1. The fraction of sp³-hybridized carbons (Fsp3) is 0.450. The topological polar surface area (TPSA) is 76.6 Å². The molecule has 1 amide bonds. The highest BCUT2D eigenvalue weighted by Gasteiger charge is 2.41. The molecular weight excluding hydrogens is 344 g/mol. The minimum atomic E-state index is -0.488. The number of nitrogens with zero attached hydrogens (tertiary/aromatic N) is 3. The van der Waals surface area contributed by atoms with Gasteiger partial charge in [0.15, 0.2) is 5.79 Å². The van der Waals surface area contributed by atoms with E-state index in [0.29, 0.717) is 50.7 Å². The van der Waals surface area contributed by atoms with E-state index in [1.165, 1.54) is 11.9 Å². The molecule has 0 bridgehead atoms. The summed E-state index contributed by atoms with van der Waals surface area (Å²) in [7, 11) is 0. The second-order valence-corrected chi connectivity index (χ2v) is 7.06. The number of benzene rings is 1. The van der Waals surface area contributed by atoms with E-state index in [4.69, 9.17) is 9.47 Å². The van der Waals surface area contributed by atoms with E-state index >= 15 is 0 Å². The first-order valence-electron chi connectivity index (χ1n) is 9.29. The summed E-state index contributed by atoms with van der Waals surface area (Å²) in [6.45, 7) is 6.59. The minimum Gasteiger partial charge on any atom is -0.347 e. The number of carbonyl (C=O) groups is 1. The highest BCUT2D eigenvalue weighted by atomic mass is 16.7. The Bertz CT molecular complexity index is 839. The van der Waals surface area contributed by atoms with Crippen LogP contribution in [0.15, 0.2) is 30.6 Å². The molecule has 4 rings (SSSR count). The Balaban J connectivity index is 1.46. The van der Waals surface area contributed by atoms with Crippen LogP contribution in [0.5, 0.6) is 0 Å². The second-order valence-electron chi connectivity index (χ2n) is 7.06. The molecule has 0 saturated carbocycles. The molecule has 3 heterocycles. The number of aromatic nitrogens is 2. The van der Waals surface area contributed by atoms with Gasteiger partial charge in [-0.05, 0) is 31.0 Å². The summed E-state index contributed by atoms with van der Waals surface area (Å²) in [4.78, 5) is 23.1. The average Bonchev–Trinajstić information content (AvgIpc) is 3.14. The molecule has 2 fully saturated rings. The summed E-state index contributed by atoms with van der Waals surface area (Å²) in [6, 6.07) is 7.76. The minimum absolute atomic E-state index is 0.0886. The average molecular weight is 368 g/mol. The Morgan fingerprint density at radius 1 is 1.15 bits per heavy atom. The van der Waals surface area contributed by atoms with Crippen LogP contribution in [0.2, 0.25) is 0 Å². The quantitative estimate of drug-likeness (QED) is 0.898. The lowest BCUT2D eigenvalue weighted by Crippen LogP contribution is -2.47. The van der Waals surface area contributed by atoms with Crippen LogP contribution in [-0.2, 0) is 9.47 Å². The molecule has 142 valence electrons. The smallest absolute Gasteiger partial charge is 0.272 e. The van der Waals surface area contributed by atoms with Crippen LogP contribution in [0.3, 0.4) is 0 Å². The molecule has 2 aliphatic rings. The van der Waals surface area contributed by atoms with E-state index in [1.54, 1.807) is 11.0 Å². The Morgan fingerprint density at radius 3 is 2.63 bits per heavy atom. The maximum Gasteiger partial charge on any atom is 0.272 e. The summed E-state index contributed by atoms with van der Waals surface area (Å²) < 4.78 is 11.5. The third-order valence-corrected chi connectivity index (χ3v) is 5.38. The van der Waals surface area contributed by atoms with E-state index in [2.05, 4.69) is 35.2 Å². The van der Waals surface area contributed by atoms with Gasteiger partial charge >= 0.3 is 0 Å². The van der Waals surface area contributed by atoms with Gasteiger partial charge in [-0.15, -0.1) is 0 Å². The van der Waals surface area contributed by atoms with Crippen molar-refractivity contribution in [2.24, 2.45) is 0 Å². The van der Waals surface area contributed by atoms with Gasteiger partial charge < -0.3 is 19.7 Å². The van der Waals surface area contributed by atoms with Crippen LogP contribution in [0.1, 0.15) is 34.5 Å². The van der Waals surface area contributed by atoms with Crippen molar-refractivity contribution in [2.45, 2.75) is 32.5 Å². The first kappa shape index (κ1) is 17.9. The van der Waals surface area contributed by atoms with E-state index < -0.39 is 5.79 Å². The molecule has 2 saturated heterocycles. The predicted octanol–water partition coefficient (Wildman–Crippen LogP) is 2.82. The lowest BCUT2D eigenvalue weighted by atomic mass is 10.0. The number of ether oxygens (including phenoxy) is 2. The van der Waals surface area contributed by atoms with Crippen molar-refractivity contribution in [1.29, 1.82) is 0 Å². The molecule has 0 atom stereocenters. The number of anilines is 2. The lowest BCUT2D eigenvalue weighted by Gasteiger charge is -2.37. The zero-order chi connectivity index (χ0) is 18.9. The third kappa shape index (κ3) is 3.65. The van der Waals surface area contributed by atoms with Crippen molar-refractivity contribution >= 4 is 17.4 Å². The summed E-state index contributed by atoms with van der Waals surface area (Å²) in [5, 5.41) is 3.29. The van der Waals surface area contributed by atoms with Crippen molar-refractivity contribution in [1.82, 2.24) is 14.9 Å². The Kier molecular flexibility index (Phi) is 4.80. The van der Waals surface area contributed by atoms with Crippen molar-refractivity contribution in [3.8, 4) is 0 Å².